The van der Waals surface area contributed by atoms with Crippen molar-refractivity contribution in [1.29, 1.82) is 0 Å². The van der Waals surface area contributed by atoms with Gasteiger partial charge in [0.25, 0.3) is 0 Å². The van der Waals surface area contributed by atoms with E-state index in [-0.39, 0.29) is 5.79 Å². The standard InChI is InChI=1S/C16H30N2O3/c1-13(14(2)18-7-9-19-10-8-18)17-15-3-5-16(6-4-15)20-11-12-21-16/h13-15,17H,3-12H2,1-2H3/t13-,14-/m1/s1. The van der Waals surface area contributed by atoms with Crippen molar-refractivity contribution in [3.63, 3.8) is 0 Å². The van der Waals surface area contributed by atoms with E-state index in [0.29, 0.717) is 18.1 Å². The molecule has 2 saturated heterocycles. The second-order valence-corrected chi connectivity index (χ2v) is 6.73. The second kappa shape index (κ2) is 6.92. The highest BCUT2D eigenvalue weighted by Crippen LogP contribution is 2.35. The fraction of sp³-hybridized carbons (Fsp3) is 1.00. The molecule has 1 aliphatic carbocycles. The molecule has 0 aromatic rings. The van der Waals surface area contributed by atoms with Crippen molar-refractivity contribution < 1.29 is 14.2 Å². The van der Waals surface area contributed by atoms with Crippen molar-refractivity contribution >= 4 is 0 Å². The lowest BCUT2D eigenvalue weighted by molar-refractivity contribution is -0.179. The van der Waals surface area contributed by atoms with E-state index in [2.05, 4.69) is 24.1 Å². The third kappa shape index (κ3) is 3.77. The van der Waals surface area contributed by atoms with Crippen molar-refractivity contribution in [2.24, 2.45) is 0 Å². The zero-order valence-electron chi connectivity index (χ0n) is 13.5. The number of nitrogens with one attached hydrogen (secondary N) is 1. The Hall–Kier alpha value is -0.200. The van der Waals surface area contributed by atoms with Crippen molar-refractivity contribution in [3.8, 4) is 0 Å². The molecule has 21 heavy (non-hydrogen) atoms. The van der Waals surface area contributed by atoms with Gasteiger partial charge >= 0.3 is 0 Å². The van der Waals surface area contributed by atoms with Crippen LogP contribution in [0.4, 0.5) is 0 Å². The molecule has 0 unspecified atom stereocenters. The van der Waals surface area contributed by atoms with Gasteiger partial charge in [-0.15, -0.1) is 0 Å². The van der Waals surface area contributed by atoms with Gasteiger partial charge in [0.1, 0.15) is 0 Å². The predicted molar refractivity (Wildman–Crippen MR) is 81.3 cm³/mol. The van der Waals surface area contributed by atoms with Crippen LogP contribution in [0.5, 0.6) is 0 Å². The number of ether oxygens (including phenoxy) is 3. The van der Waals surface area contributed by atoms with Crippen LogP contribution in [-0.4, -0.2) is 68.3 Å². The van der Waals surface area contributed by atoms with Crippen molar-refractivity contribution in [2.45, 2.75) is 63.4 Å². The summed E-state index contributed by atoms with van der Waals surface area (Å²) < 4.78 is 17.1. The van der Waals surface area contributed by atoms with Gasteiger partial charge in [0, 0.05) is 44.1 Å². The first-order chi connectivity index (χ1) is 10.2. The van der Waals surface area contributed by atoms with Crippen LogP contribution in [0.2, 0.25) is 0 Å². The number of morpholine rings is 1. The first-order valence-corrected chi connectivity index (χ1v) is 8.54. The highest BCUT2D eigenvalue weighted by molar-refractivity contribution is 4.88. The minimum absolute atomic E-state index is 0.239. The molecule has 0 bridgehead atoms. The van der Waals surface area contributed by atoms with Gasteiger partial charge in [0.05, 0.1) is 26.4 Å². The van der Waals surface area contributed by atoms with Crippen LogP contribution in [0.1, 0.15) is 39.5 Å². The van der Waals surface area contributed by atoms with Gasteiger partial charge in [-0.1, -0.05) is 0 Å². The molecule has 0 radical (unpaired) electrons. The average Bonchev–Trinajstić information content (AvgIpc) is 2.98. The van der Waals surface area contributed by atoms with Crippen LogP contribution >= 0.6 is 0 Å². The van der Waals surface area contributed by atoms with Gasteiger partial charge in [-0.05, 0) is 26.7 Å². The number of rotatable bonds is 4. The lowest BCUT2D eigenvalue weighted by Crippen LogP contribution is -2.54. The van der Waals surface area contributed by atoms with Gasteiger partial charge in [-0.2, -0.15) is 0 Å². The smallest absolute Gasteiger partial charge is 0.168 e. The van der Waals surface area contributed by atoms with Gasteiger partial charge in [-0.3, -0.25) is 4.90 Å². The maximum Gasteiger partial charge on any atom is 0.168 e. The molecule has 0 aromatic carbocycles. The molecule has 2 aliphatic heterocycles. The quantitative estimate of drug-likeness (QED) is 0.849. The zero-order valence-corrected chi connectivity index (χ0v) is 13.5. The largest absolute Gasteiger partial charge is 0.379 e. The molecule has 1 saturated carbocycles. The summed E-state index contributed by atoms with van der Waals surface area (Å²) in [5.74, 6) is -0.239. The SMILES string of the molecule is C[C@H]([C@@H](C)NC1CCC2(CC1)OCCO2)N1CCOCC1. The Morgan fingerprint density at radius 2 is 1.62 bits per heavy atom. The van der Waals surface area contributed by atoms with E-state index in [1.807, 2.05) is 0 Å². The normalized spacial score (nSPS) is 30.6. The fourth-order valence-electron chi connectivity index (χ4n) is 3.82. The molecule has 3 fully saturated rings. The number of hydrogen-bond donors (Lipinski definition) is 1. The van der Waals surface area contributed by atoms with Crippen LogP contribution in [0.25, 0.3) is 0 Å². The molecule has 3 rings (SSSR count). The third-order valence-electron chi connectivity index (χ3n) is 5.40. The Morgan fingerprint density at radius 1 is 1.00 bits per heavy atom. The summed E-state index contributed by atoms with van der Waals surface area (Å²) in [6, 6.07) is 1.67. The molecular weight excluding hydrogens is 268 g/mol. The lowest BCUT2D eigenvalue weighted by Gasteiger charge is -2.40. The Balaban J connectivity index is 1.43. The summed E-state index contributed by atoms with van der Waals surface area (Å²) in [4.78, 5) is 2.54. The number of hydrogen-bond acceptors (Lipinski definition) is 5. The molecular formula is C16H30N2O3. The Labute approximate surface area is 128 Å². The molecule has 5 heteroatoms. The minimum atomic E-state index is -0.239. The van der Waals surface area contributed by atoms with Crippen molar-refractivity contribution in [1.82, 2.24) is 10.2 Å². The van der Waals surface area contributed by atoms with Crippen LogP contribution in [-0.2, 0) is 14.2 Å². The first kappa shape index (κ1) is 15.7. The fourth-order valence-corrected chi connectivity index (χ4v) is 3.82. The zero-order chi connectivity index (χ0) is 14.7. The predicted octanol–water partition coefficient (Wildman–Crippen LogP) is 1.37. The maximum absolute atomic E-state index is 5.81. The maximum atomic E-state index is 5.81. The monoisotopic (exact) mass is 298 g/mol. The summed E-state index contributed by atoms with van der Waals surface area (Å²) in [5.41, 5.74) is 0. The Kier molecular flexibility index (Phi) is 5.17. The van der Waals surface area contributed by atoms with E-state index < -0.39 is 0 Å². The van der Waals surface area contributed by atoms with E-state index >= 15 is 0 Å². The molecule has 1 spiro atoms. The van der Waals surface area contributed by atoms with Gasteiger partial charge in [-0.25, -0.2) is 0 Å². The average molecular weight is 298 g/mol. The highest BCUT2D eigenvalue weighted by atomic mass is 16.7. The topological polar surface area (TPSA) is 43.0 Å². The summed E-state index contributed by atoms with van der Waals surface area (Å²) in [7, 11) is 0. The molecule has 122 valence electrons. The van der Waals surface area contributed by atoms with E-state index in [4.69, 9.17) is 14.2 Å². The molecule has 0 aromatic heterocycles. The van der Waals surface area contributed by atoms with Gasteiger partial charge in [0.15, 0.2) is 5.79 Å². The third-order valence-corrected chi connectivity index (χ3v) is 5.40. The summed E-state index contributed by atoms with van der Waals surface area (Å²) >= 11 is 0. The van der Waals surface area contributed by atoms with Crippen molar-refractivity contribution in [3.05, 3.63) is 0 Å². The summed E-state index contributed by atoms with van der Waals surface area (Å²) in [5, 5.41) is 3.83. The van der Waals surface area contributed by atoms with Gasteiger partial charge < -0.3 is 19.5 Å². The molecule has 5 nitrogen and oxygen atoms in total. The lowest BCUT2D eigenvalue weighted by atomic mass is 9.89. The summed E-state index contributed by atoms with van der Waals surface area (Å²) in [6.45, 7) is 10.0. The van der Waals surface area contributed by atoms with E-state index in [1.54, 1.807) is 0 Å². The molecule has 2 heterocycles. The van der Waals surface area contributed by atoms with E-state index in [1.165, 1.54) is 0 Å². The number of nitrogens with zero attached hydrogens (tertiary/aromatic N) is 1. The Morgan fingerprint density at radius 3 is 2.24 bits per heavy atom. The second-order valence-electron chi connectivity index (χ2n) is 6.73. The minimum Gasteiger partial charge on any atom is -0.379 e. The highest BCUT2D eigenvalue weighted by Gasteiger charge is 2.40. The van der Waals surface area contributed by atoms with E-state index in [0.717, 1.165) is 65.2 Å². The van der Waals surface area contributed by atoms with Gasteiger partial charge in [0.2, 0.25) is 0 Å². The molecule has 1 N–H and O–H groups in total. The van der Waals surface area contributed by atoms with E-state index in [9.17, 15) is 0 Å². The van der Waals surface area contributed by atoms with Crippen LogP contribution < -0.4 is 5.32 Å². The van der Waals surface area contributed by atoms with Crippen LogP contribution in [0, 0.1) is 0 Å². The molecule has 2 atom stereocenters. The first-order valence-electron chi connectivity index (χ1n) is 8.54. The molecule has 0 amide bonds. The van der Waals surface area contributed by atoms with Crippen molar-refractivity contribution in [2.75, 3.05) is 39.5 Å². The summed E-state index contributed by atoms with van der Waals surface area (Å²) in [6.07, 6.45) is 4.37. The van der Waals surface area contributed by atoms with Crippen LogP contribution in [0.3, 0.4) is 0 Å². The van der Waals surface area contributed by atoms with Crippen LogP contribution in [0.15, 0.2) is 0 Å². The molecule has 3 aliphatic rings. The Bertz CT molecular complexity index is 317.